The zero-order valence-corrected chi connectivity index (χ0v) is 13.6. The fourth-order valence-electron chi connectivity index (χ4n) is 0.891. The van der Waals surface area contributed by atoms with Gasteiger partial charge in [-0.2, -0.15) is 0 Å². The third-order valence-corrected chi connectivity index (χ3v) is 5.00. The van der Waals surface area contributed by atoms with Crippen LogP contribution < -0.4 is 11.5 Å². The Morgan fingerprint density at radius 1 is 1.00 bits per heavy atom. The largest absolute Gasteiger partial charge is 0.478 e. The van der Waals surface area contributed by atoms with Crippen LogP contribution in [0, 0.1) is 10.7 Å². The van der Waals surface area contributed by atoms with Crippen LogP contribution in [0.15, 0.2) is 0 Å². The van der Waals surface area contributed by atoms with Crippen molar-refractivity contribution in [3.63, 3.8) is 0 Å². The molecule has 0 aliphatic carbocycles. The fourth-order valence-corrected chi connectivity index (χ4v) is 4.52. The smallest absolute Gasteiger partial charge is 0.338 e. The molecule has 0 spiro atoms. The number of aromatic carboxylic acids is 1. The Balaban J connectivity index is 0.00000196. The molecule has 0 heterocycles. The summed E-state index contributed by atoms with van der Waals surface area (Å²) in [4.78, 5) is 10.9. The van der Waals surface area contributed by atoms with Gasteiger partial charge in [-0.15, -0.1) is 0 Å². The van der Waals surface area contributed by atoms with Gasteiger partial charge in [0.05, 0.1) is 27.6 Å². The predicted octanol–water partition coefficient (Wildman–Crippen LogP) is 1.54. The average molecular weight is 548 g/mol. The van der Waals surface area contributed by atoms with Crippen LogP contribution in [0.2, 0.25) is 0 Å². The normalized spacial score (nSPS) is 9.53. The van der Waals surface area contributed by atoms with Crippen LogP contribution in [-0.2, 0) is 0 Å². The number of carboxylic acids is 1. The van der Waals surface area contributed by atoms with Gasteiger partial charge in [-0.05, 0) is 67.8 Å². The monoisotopic (exact) mass is 548 g/mol. The lowest BCUT2D eigenvalue weighted by Crippen LogP contribution is -2.11. The molecule has 0 aromatic heterocycles. The molecule has 5 nitrogen and oxygen atoms in total. The highest BCUT2D eigenvalue weighted by atomic mass is 127. The van der Waals surface area contributed by atoms with Gasteiger partial charge in [0.25, 0.3) is 0 Å². The number of halogens is 3. The minimum Gasteiger partial charge on any atom is -0.478 e. The van der Waals surface area contributed by atoms with E-state index in [1.165, 1.54) is 0 Å². The molecule has 0 unspecified atom stereocenters. The average Bonchev–Trinajstić information content (AvgIpc) is 2.11. The van der Waals surface area contributed by atoms with Gasteiger partial charge in [0.1, 0.15) is 0 Å². The molecule has 0 aliphatic rings. The number of nitrogen functional groups attached to an aromatic ring is 2. The highest BCUT2D eigenvalue weighted by molar-refractivity contribution is 14.1. The van der Waals surface area contributed by atoms with Crippen molar-refractivity contribution in [2.75, 3.05) is 11.5 Å². The fraction of sp³-hybridized carbons (Fsp3) is 0. The molecule has 15 heavy (non-hydrogen) atoms. The van der Waals surface area contributed by atoms with Gasteiger partial charge in [0.2, 0.25) is 0 Å². The van der Waals surface area contributed by atoms with Crippen LogP contribution in [0.3, 0.4) is 0 Å². The lowest BCUT2D eigenvalue weighted by Gasteiger charge is -2.11. The van der Waals surface area contributed by atoms with Crippen LogP contribution in [-0.4, -0.2) is 16.6 Å². The van der Waals surface area contributed by atoms with E-state index in [0.29, 0.717) is 22.1 Å². The van der Waals surface area contributed by atoms with Gasteiger partial charge >= 0.3 is 5.97 Å². The van der Waals surface area contributed by atoms with E-state index in [1.807, 2.05) is 67.8 Å². The first-order valence-electron chi connectivity index (χ1n) is 3.32. The van der Waals surface area contributed by atoms with E-state index >= 15 is 0 Å². The Morgan fingerprint density at radius 2 is 1.33 bits per heavy atom. The highest BCUT2D eigenvalue weighted by Crippen LogP contribution is 2.35. The summed E-state index contributed by atoms with van der Waals surface area (Å²) in [5, 5.41) is 8.96. The van der Waals surface area contributed by atoms with Gasteiger partial charge in [-0.1, -0.05) is 0 Å². The number of benzene rings is 1. The topological polar surface area (TPSA) is 121 Å². The molecular weight excluding hydrogens is 541 g/mol. The minimum atomic E-state index is -1.01. The maximum atomic E-state index is 10.9. The molecule has 0 aliphatic heterocycles. The van der Waals surface area contributed by atoms with E-state index in [4.69, 9.17) is 16.6 Å². The summed E-state index contributed by atoms with van der Waals surface area (Å²) in [5.41, 5.74) is 12.5. The van der Waals surface area contributed by atoms with Crippen molar-refractivity contribution in [2.45, 2.75) is 0 Å². The molecule has 84 valence electrons. The Labute approximate surface area is 127 Å². The number of anilines is 2. The zero-order valence-electron chi connectivity index (χ0n) is 7.14. The number of hydrogen-bond donors (Lipinski definition) is 3. The minimum absolute atomic E-state index is 0. The van der Waals surface area contributed by atoms with Gasteiger partial charge in [0, 0.05) is 0 Å². The SMILES string of the molecule is Nc1c(I)c(N)c(I)c(C(=O)O)c1I.O. The first-order valence-corrected chi connectivity index (χ1v) is 6.56. The number of nitrogens with two attached hydrogens (primary N) is 2. The molecule has 0 radical (unpaired) electrons. The summed E-state index contributed by atoms with van der Waals surface area (Å²) < 4.78 is 1.79. The van der Waals surface area contributed by atoms with Crippen molar-refractivity contribution < 1.29 is 15.4 Å². The first-order chi connectivity index (χ1) is 6.37. The summed E-state index contributed by atoms with van der Waals surface area (Å²) in [6, 6.07) is 0. The van der Waals surface area contributed by atoms with Gasteiger partial charge < -0.3 is 22.1 Å². The van der Waals surface area contributed by atoms with Crippen molar-refractivity contribution in [1.29, 1.82) is 0 Å². The van der Waals surface area contributed by atoms with Crippen molar-refractivity contribution in [1.82, 2.24) is 0 Å². The van der Waals surface area contributed by atoms with Crippen molar-refractivity contribution in [3.8, 4) is 0 Å². The van der Waals surface area contributed by atoms with Gasteiger partial charge in [-0.3, -0.25) is 0 Å². The maximum Gasteiger partial charge on any atom is 0.338 e. The quantitative estimate of drug-likeness (QED) is 0.365. The molecule has 0 saturated heterocycles. The van der Waals surface area contributed by atoms with E-state index in [2.05, 4.69) is 0 Å². The van der Waals surface area contributed by atoms with Crippen LogP contribution in [0.4, 0.5) is 11.4 Å². The van der Waals surface area contributed by atoms with E-state index in [1.54, 1.807) is 0 Å². The van der Waals surface area contributed by atoms with Crippen LogP contribution in [0.5, 0.6) is 0 Å². The number of carbonyl (C=O) groups is 1. The van der Waals surface area contributed by atoms with E-state index in [0.717, 1.165) is 0 Å². The van der Waals surface area contributed by atoms with Crippen LogP contribution >= 0.6 is 67.8 Å². The molecule has 1 aromatic rings. The Kier molecular flexibility index (Phi) is 5.84. The Bertz CT molecular complexity index is 393. The molecule has 0 bridgehead atoms. The summed E-state index contributed by atoms with van der Waals surface area (Å²) in [6.07, 6.45) is 0. The zero-order chi connectivity index (χ0) is 11.0. The number of carboxylic acid groups (broad SMARTS) is 1. The van der Waals surface area contributed by atoms with Crippen molar-refractivity contribution in [3.05, 3.63) is 16.3 Å². The van der Waals surface area contributed by atoms with Gasteiger partial charge in [0.15, 0.2) is 0 Å². The molecule has 8 heteroatoms. The molecule has 0 amide bonds. The molecule has 0 fully saturated rings. The third kappa shape index (κ3) is 2.76. The van der Waals surface area contributed by atoms with E-state index < -0.39 is 5.97 Å². The second-order valence-corrected chi connectivity index (χ2v) is 5.69. The molecule has 0 atom stereocenters. The summed E-state index contributed by atoms with van der Waals surface area (Å²) in [6.45, 7) is 0. The summed E-state index contributed by atoms with van der Waals surface area (Å²) in [7, 11) is 0. The second-order valence-electron chi connectivity index (χ2n) is 2.45. The Morgan fingerprint density at radius 3 is 1.60 bits per heavy atom. The highest BCUT2D eigenvalue weighted by Gasteiger charge is 2.21. The molecule has 1 aromatic carbocycles. The van der Waals surface area contributed by atoms with Gasteiger partial charge in [-0.25, -0.2) is 4.79 Å². The second kappa shape index (κ2) is 5.67. The molecule has 0 saturated carbocycles. The lowest BCUT2D eigenvalue weighted by atomic mass is 10.2. The van der Waals surface area contributed by atoms with Crippen molar-refractivity contribution in [2.24, 2.45) is 0 Å². The van der Waals surface area contributed by atoms with Crippen molar-refractivity contribution >= 4 is 85.1 Å². The van der Waals surface area contributed by atoms with Crippen LogP contribution in [0.25, 0.3) is 0 Å². The Hall–Kier alpha value is 0.440. The molecule has 1 rings (SSSR count). The lowest BCUT2D eigenvalue weighted by molar-refractivity contribution is 0.0694. The standard InChI is InChI=1S/C7H5I3N2O2.H2O/c8-2-1(7(13)14)3(9)6(12)4(10)5(2)11;/h11-12H2,(H,13,14);1H2. The van der Waals surface area contributed by atoms with E-state index in [9.17, 15) is 4.79 Å². The summed E-state index contributed by atoms with van der Waals surface area (Å²) >= 11 is 5.84. The van der Waals surface area contributed by atoms with E-state index in [-0.39, 0.29) is 11.0 Å². The number of hydrogen-bond acceptors (Lipinski definition) is 3. The third-order valence-electron chi connectivity index (χ3n) is 1.60. The maximum absolute atomic E-state index is 10.9. The molecule has 7 N–H and O–H groups in total. The molecular formula is C7H7I3N2O3. The van der Waals surface area contributed by atoms with Crippen LogP contribution in [0.1, 0.15) is 10.4 Å². The first kappa shape index (κ1) is 15.4. The predicted molar refractivity (Wildman–Crippen MR) is 84.0 cm³/mol. The summed E-state index contributed by atoms with van der Waals surface area (Å²) in [5.74, 6) is -1.01. The number of rotatable bonds is 1.